The van der Waals surface area contributed by atoms with Gasteiger partial charge in [-0.25, -0.2) is 0 Å². The molecular weight excluding hydrogens is 150 g/mol. The lowest BCUT2D eigenvalue weighted by atomic mass is 9.87. The maximum Gasteiger partial charge on any atom is 0.0796 e. The zero-order chi connectivity index (χ0) is 9.41. The van der Waals surface area contributed by atoms with Gasteiger partial charge in [-0.3, -0.25) is 0 Å². The Morgan fingerprint density at radius 3 is 2.33 bits per heavy atom. The van der Waals surface area contributed by atoms with Gasteiger partial charge >= 0.3 is 0 Å². The van der Waals surface area contributed by atoms with E-state index in [0.717, 1.165) is 0 Å². The van der Waals surface area contributed by atoms with Crippen LogP contribution in [0, 0.1) is 5.41 Å². The van der Waals surface area contributed by atoms with Crippen LogP contribution in [0.5, 0.6) is 0 Å². The highest BCUT2D eigenvalue weighted by Crippen LogP contribution is 2.53. The van der Waals surface area contributed by atoms with E-state index in [0.29, 0.717) is 12.6 Å². The topological polar surface area (TPSA) is 32.3 Å². The first-order valence-electron chi connectivity index (χ1n) is 4.83. The molecule has 0 radical (unpaired) electrons. The molecule has 1 aliphatic rings. The van der Waals surface area contributed by atoms with E-state index in [4.69, 9.17) is 0 Å². The van der Waals surface area contributed by atoms with E-state index in [1.54, 1.807) is 0 Å². The molecule has 0 aromatic carbocycles. The number of aliphatic hydroxyl groups is 1. The van der Waals surface area contributed by atoms with E-state index in [2.05, 4.69) is 26.1 Å². The maximum absolute atomic E-state index is 10.1. The van der Waals surface area contributed by atoms with E-state index in [1.165, 1.54) is 12.8 Å². The highest BCUT2D eigenvalue weighted by molar-refractivity contribution is 5.04. The number of rotatable bonds is 4. The zero-order valence-corrected chi connectivity index (χ0v) is 8.65. The van der Waals surface area contributed by atoms with E-state index in [-0.39, 0.29) is 5.41 Å². The molecule has 72 valence electrons. The van der Waals surface area contributed by atoms with Crippen molar-refractivity contribution in [2.45, 2.75) is 52.2 Å². The molecule has 0 saturated heterocycles. The molecule has 0 spiro atoms. The lowest BCUT2D eigenvalue weighted by Crippen LogP contribution is -2.46. The average Bonchev–Trinajstić information content (AvgIpc) is 2.65. The highest BCUT2D eigenvalue weighted by atomic mass is 16.3. The molecule has 0 amide bonds. The van der Waals surface area contributed by atoms with Crippen LogP contribution in [-0.2, 0) is 0 Å². The van der Waals surface area contributed by atoms with E-state index >= 15 is 0 Å². The Kier molecular flexibility index (Phi) is 2.50. The van der Waals surface area contributed by atoms with Crippen LogP contribution in [0.2, 0.25) is 0 Å². The first-order valence-corrected chi connectivity index (χ1v) is 4.83. The minimum absolute atomic E-state index is 0.175. The third kappa shape index (κ3) is 1.99. The molecule has 1 fully saturated rings. The maximum atomic E-state index is 10.1. The van der Waals surface area contributed by atoms with Gasteiger partial charge in [0.25, 0.3) is 0 Å². The quantitative estimate of drug-likeness (QED) is 0.672. The van der Waals surface area contributed by atoms with Crippen LogP contribution in [-0.4, -0.2) is 23.3 Å². The molecule has 2 nitrogen and oxygen atoms in total. The lowest BCUT2D eigenvalue weighted by molar-refractivity contribution is -0.00779. The van der Waals surface area contributed by atoms with Crippen LogP contribution in [0.15, 0.2) is 0 Å². The predicted octanol–water partition coefficient (Wildman–Crippen LogP) is 1.54. The Hall–Kier alpha value is -0.0800. The van der Waals surface area contributed by atoms with Crippen molar-refractivity contribution in [1.82, 2.24) is 5.32 Å². The lowest BCUT2D eigenvalue weighted by Gasteiger charge is -2.31. The monoisotopic (exact) mass is 171 g/mol. The summed E-state index contributed by atoms with van der Waals surface area (Å²) in [6.45, 7) is 9.02. The molecule has 1 aliphatic carbocycles. The molecule has 1 rings (SSSR count). The summed E-state index contributed by atoms with van der Waals surface area (Å²) in [5.41, 5.74) is -0.355. The van der Waals surface area contributed by atoms with Crippen LogP contribution < -0.4 is 5.32 Å². The molecule has 12 heavy (non-hydrogen) atoms. The van der Waals surface area contributed by atoms with Gasteiger partial charge in [0, 0.05) is 12.6 Å². The van der Waals surface area contributed by atoms with E-state index < -0.39 is 5.60 Å². The first-order chi connectivity index (χ1) is 5.37. The Morgan fingerprint density at radius 2 is 2.00 bits per heavy atom. The van der Waals surface area contributed by atoms with Gasteiger partial charge in [-0.1, -0.05) is 20.8 Å². The zero-order valence-electron chi connectivity index (χ0n) is 8.65. The molecule has 0 aromatic heterocycles. The van der Waals surface area contributed by atoms with Crippen molar-refractivity contribution in [2.24, 2.45) is 5.41 Å². The molecule has 0 aliphatic heterocycles. The third-order valence-corrected chi connectivity index (χ3v) is 3.15. The molecule has 0 bridgehead atoms. The number of hydrogen-bond acceptors (Lipinski definition) is 2. The van der Waals surface area contributed by atoms with Crippen LogP contribution in [0.25, 0.3) is 0 Å². The average molecular weight is 171 g/mol. The number of hydrogen-bond donors (Lipinski definition) is 2. The van der Waals surface area contributed by atoms with E-state index in [1.807, 2.05) is 6.92 Å². The molecule has 1 saturated carbocycles. The minimum atomic E-state index is -0.530. The van der Waals surface area contributed by atoms with Crippen molar-refractivity contribution in [1.29, 1.82) is 0 Å². The molecule has 2 heteroatoms. The Labute approximate surface area is 75.4 Å². The van der Waals surface area contributed by atoms with Gasteiger partial charge in [0.2, 0.25) is 0 Å². The summed E-state index contributed by atoms with van der Waals surface area (Å²) >= 11 is 0. The summed E-state index contributed by atoms with van der Waals surface area (Å²) in [5.74, 6) is 0. The fourth-order valence-corrected chi connectivity index (χ4v) is 1.34. The van der Waals surface area contributed by atoms with Crippen LogP contribution in [0.1, 0.15) is 40.5 Å². The Morgan fingerprint density at radius 1 is 1.50 bits per heavy atom. The fraction of sp³-hybridized carbons (Fsp3) is 1.00. The number of nitrogens with one attached hydrogen (secondary N) is 1. The van der Waals surface area contributed by atoms with Crippen molar-refractivity contribution in [2.75, 3.05) is 6.54 Å². The standard InChI is InChI=1S/C10H21NO/c1-8(2)11-7-10(4,12)9(3)5-6-9/h8,11-12H,5-7H2,1-4H3. The van der Waals surface area contributed by atoms with Crippen molar-refractivity contribution in [3.63, 3.8) is 0 Å². The molecular formula is C10H21NO. The molecule has 2 N–H and O–H groups in total. The van der Waals surface area contributed by atoms with Gasteiger partial charge in [-0.05, 0) is 25.2 Å². The van der Waals surface area contributed by atoms with Crippen molar-refractivity contribution < 1.29 is 5.11 Å². The molecule has 0 aromatic rings. The van der Waals surface area contributed by atoms with Gasteiger partial charge in [0.15, 0.2) is 0 Å². The van der Waals surface area contributed by atoms with E-state index in [9.17, 15) is 5.11 Å². The van der Waals surface area contributed by atoms with Crippen molar-refractivity contribution in [3.8, 4) is 0 Å². The van der Waals surface area contributed by atoms with Crippen LogP contribution >= 0.6 is 0 Å². The third-order valence-electron chi connectivity index (χ3n) is 3.15. The summed E-state index contributed by atoms with van der Waals surface area (Å²) in [6.07, 6.45) is 2.33. The first kappa shape index (κ1) is 10.0. The summed E-state index contributed by atoms with van der Waals surface area (Å²) < 4.78 is 0. The van der Waals surface area contributed by atoms with Crippen LogP contribution in [0.3, 0.4) is 0 Å². The SMILES string of the molecule is CC(C)NCC(C)(O)C1(C)CC1. The van der Waals surface area contributed by atoms with Crippen molar-refractivity contribution in [3.05, 3.63) is 0 Å². The summed E-state index contributed by atoms with van der Waals surface area (Å²) in [6, 6.07) is 0.457. The van der Waals surface area contributed by atoms with Gasteiger partial charge in [0.1, 0.15) is 0 Å². The normalized spacial score (nSPS) is 25.5. The molecule has 1 atom stereocenters. The fourth-order valence-electron chi connectivity index (χ4n) is 1.34. The Balaban J connectivity index is 2.38. The second-order valence-electron chi connectivity index (χ2n) is 4.87. The van der Waals surface area contributed by atoms with Crippen LogP contribution in [0.4, 0.5) is 0 Å². The predicted molar refractivity (Wildman–Crippen MR) is 51.1 cm³/mol. The van der Waals surface area contributed by atoms with Crippen molar-refractivity contribution >= 4 is 0 Å². The smallest absolute Gasteiger partial charge is 0.0796 e. The summed E-state index contributed by atoms with van der Waals surface area (Å²) in [4.78, 5) is 0. The van der Waals surface area contributed by atoms with Gasteiger partial charge in [-0.2, -0.15) is 0 Å². The second kappa shape index (κ2) is 3.00. The van der Waals surface area contributed by atoms with Gasteiger partial charge in [-0.15, -0.1) is 0 Å². The van der Waals surface area contributed by atoms with Gasteiger partial charge < -0.3 is 10.4 Å². The molecule has 1 unspecified atom stereocenters. The largest absolute Gasteiger partial charge is 0.388 e. The highest BCUT2D eigenvalue weighted by Gasteiger charge is 2.51. The summed E-state index contributed by atoms with van der Waals surface area (Å²) in [5, 5.41) is 13.4. The second-order valence-corrected chi connectivity index (χ2v) is 4.87. The van der Waals surface area contributed by atoms with Gasteiger partial charge in [0.05, 0.1) is 5.60 Å². The Bertz CT molecular complexity index is 159. The summed E-state index contributed by atoms with van der Waals surface area (Å²) in [7, 11) is 0. The minimum Gasteiger partial charge on any atom is -0.388 e. The molecule has 0 heterocycles.